The van der Waals surface area contributed by atoms with E-state index in [9.17, 15) is 19.2 Å². The van der Waals surface area contributed by atoms with Crippen molar-refractivity contribution in [1.82, 2.24) is 0 Å². The van der Waals surface area contributed by atoms with E-state index in [1.807, 2.05) is 0 Å². The SMILES string of the molecule is COC(=O)c1ccc(OCc2ccc(C(=O)Nc3sc(C(N)=O)c(C)c3C(=O)OC(C)C)o2)cc1. The lowest BCUT2D eigenvalue weighted by Crippen LogP contribution is -2.17. The molecule has 0 unspecified atom stereocenters. The predicted molar refractivity (Wildman–Crippen MR) is 127 cm³/mol. The zero-order valence-corrected chi connectivity index (χ0v) is 20.3. The summed E-state index contributed by atoms with van der Waals surface area (Å²) in [7, 11) is 1.30. The van der Waals surface area contributed by atoms with Gasteiger partial charge in [0.2, 0.25) is 0 Å². The summed E-state index contributed by atoms with van der Waals surface area (Å²) in [5.41, 5.74) is 6.19. The molecule has 0 aliphatic rings. The summed E-state index contributed by atoms with van der Waals surface area (Å²) < 4.78 is 21.1. The highest BCUT2D eigenvalue weighted by molar-refractivity contribution is 7.18. The first-order chi connectivity index (χ1) is 16.6. The van der Waals surface area contributed by atoms with Crippen LogP contribution in [0.5, 0.6) is 5.75 Å². The van der Waals surface area contributed by atoms with E-state index in [4.69, 9.17) is 19.6 Å². The molecule has 0 saturated heterocycles. The van der Waals surface area contributed by atoms with Crippen LogP contribution in [-0.4, -0.2) is 37.0 Å². The summed E-state index contributed by atoms with van der Waals surface area (Å²) in [4.78, 5) is 48.7. The number of benzene rings is 1. The van der Waals surface area contributed by atoms with E-state index >= 15 is 0 Å². The van der Waals surface area contributed by atoms with Crippen molar-refractivity contribution in [3.63, 3.8) is 0 Å². The molecule has 184 valence electrons. The van der Waals surface area contributed by atoms with Crippen molar-refractivity contribution in [3.8, 4) is 5.75 Å². The van der Waals surface area contributed by atoms with E-state index in [2.05, 4.69) is 10.1 Å². The summed E-state index contributed by atoms with van der Waals surface area (Å²) in [5.74, 6) is -1.66. The van der Waals surface area contributed by atoms with E-state index in [1.165, 1.54) is 13.2 Å². The predicted octanol–water partition coefficient (Wildman–Crippen LogP) is 3.93. The van der Waals surface area contributed by atoms with Crippen molar-refractivity contribution < 1.29 is 37.8 Å². The highest BCUT2D eigenvalue weighted by atomic mass is 32.1. The number of methoxy groups -OCH3 is 1. The fourth-order valence-corrected chi connectivity index (χ4v) is 4.10. The Morgan fingerprint density at radius 3 is 2.34 bits per heavy atom. The lowest BCUT2D eigenvalue weighted by molar-refractivity contribution is 0.0378. The van der Waals surface area contributed by atoms with Crippen molar-refractivity contribution in [2.75, 3.05) is 12.4 Å². The van der Waals surface area contributed by atoms with Crippen LogP contribution in [0.2, 0.25) is 0 Å². The fraction of sp³-hybridized carbons (Fsp3) is 0.250. The number of ether oxygens (including phenoxy) is 3. The van der Waals surface area contributed by atoms with Gasteiger partial charge in [0, 0.05) is 0 Å². The van der Waals surface area contributed by atoms with E-state index in [1.54, 1.807) is 51.1 Å². The molecule has 0 aliphatic heterocycles. The zero-order valence-electron chi connectivity index (χ0n) is 19.5. The lowest BCUT2D eigenvalue weighted by atomic mass is 10.1. The average Bonchev–Trinajstić information content (AvgIpc) is 3.41. The maximum Gasteiger partial charge on any atom is 0.341 e. The van der Waals surface area contributed by atoms with Crippen LogP contribution in [-0.2, 0) is 16.1 Å². The Morgan fingerprint density at radius 1 is 1.06 bits per heavy atom. The minimum absolute atomic E-state index is 0.0282. The van der Waals surface area contributed by atoms with Crippen LogP contribution in [0, 0.1) is 6.92 Å². The second-order valence-electron chi connectivity index (χ2n) is 7.60. The topological polar surface area (TPSA) is 147 Å². The lowest BCUT2D eigenvalue weighted by Gasteiger charge is -2.10. The van der Waals surface area contributed by atoms with Crippen LogP contribution >= 0.6 is 11.3 Å². The monoisotopic (exact) mass is 500 g/mol. The highest BCUT2D eigenvalue weighted by Crippen LogP contribution is 2.34. The molecule has 2 aromatic heterocycles. The summed E-state index contributed by atoms with van der Waals surface area (Å²) in [6.07, 6.45) is -0.397. The van der Waals surface area contributed by atoms with Gasteiger partial charge in [0.25, 0.3) is 11.8 Å². The molecule has 0 aliphatic carbocycles. The molecule has 0 bridgehead atoms. The van der Waals surface area contributed by atoms with E-state index < -0.39 is 29.9 Å². The van der Waals surface area contributed by atoms with Gasteiger partial charge < -0.3 is 29.7 Å². The average molecular weight is 501 g/mol. The number of carbonyl (C=O) groups excluding carboxylic acids is 4. The van der Waals surface area contributed by atoms with Crippen LogP contribution in [0.1, 0.15) is 66.1 Å². The third-order valence-electron chi connectivity index (χ3n) is 4.69. The molecule has 0 radical (unpaired) electrons. The Bertz CT molecular complexity index is 1260. The number of hydrogen-bond acceptors (Lipinski definition) is 9. The normalized spacial score (nSPS) is 10.7. The first-order valence-corrected chi connectivity index (χ1v) is 11.3. The fourth-order valence-electron chi connectivity index (χ4n) is 3.06. The van der Waals surface area contributed by atoms with Gasteiger partial charge in [-0.3, -0.25) is 9.59 Å². The highest BCUT2D eigenvalue weighted by Gasteiger charge is 2.27. The summed E-state index contributed by atoms with van der Waals surface area (Å²) >= 11 is 0.885. The summed E-state index contributed by atoms with van der Waals surface area (Å²) in [5, 5.41) is 2.73. The molecule has 3 N–H and O–H groups in total. The van der Waals surface area contributed by atoms with Gasteiger partial charge in [0.15, 0.2) is 5.76 Å². The Morgan fingerprint density at radius 2 is 1.74 bits per heavy atom. The standard InChI is InChI=1S/C24H24N2O8S/c1-12(2)33-24(30)18-13(3)19(20(25)27)35-22(18)26-21(28)17-10-9-16(34-17)11-32-15-7-5-14(6-8-15)23(29)31-4/h5-10,12H,11H2,1-4H3,(H2,25,27)(H,26,28). The summed E-state index contributed by atoms with van der Waals surface area (Å²) in [6.45, 7) is 4.96. The van der Waals surface area contributed by atoms with Crippen LogP contribution in [0.15, 0.2) is 40.8 Å². The number of hydrogen-bond donors (Lipinski definition) is 2. The molecule has 35 heavy (non-hydrogen) atoms. The molecule has 2 amide bonds. The number of carbonyl (C=O) groups is 4. The molecular weight excluding hydrogens is 476 g/mol. The van der Waals surface area contributed by atoms with Gasteiger partial charge in [0.05, 0.1) is 29.2 Å². The number of anilines is 1. The van der Waals surface area contributed by atoms with Gasteiger partial charge in [-0.1, -0.05) is 0 Å². The van der Waals surface area contributed by atoms with E-state index in [0.717, 1.165) is 11.3 Å². The third-order valence-corrected chi connectivity index (χ3v) is 5.91. The Labute approximate surface area is 205 Å². The molecule has 0 atom stereocenters. The van der Waals surface area contributed by atoms with Crippen LogP contribution < -0.4 is 15.8 Å². The molecule has 0 fully saturated rings. The van der Waals surface area contributed by atoms with Gasteiger partial charge in [-0.05, 0) is 62.7 Å². The smallest absolute Gasteiger partial charge is 0.341 e. The molecule has 11 heteroatoms. The Kier molecular flexibility index (Phi) is 7.92. The number of nitrogens with one attached hydrogen (secondary N) is 1. The number of amides is 2. The molecule has 3 rings (SSSR count). The van der Waals surface area contributed by atoms with Crippen molar-refractivity contribution in [3.05, 3.63) is 69.5 Å². The summed E-state index contributed by atoms with van der Waals surface area (Å²) in [6, 6.07) is 9.36. The number of furan rings is 1. The molecule has 2 heterocycles. The number of thiophene rings is 1. The first kappa shape index (κ1) is 25.5. The second kappa shape index (κ2) is 10.9. The number of esters is 2. The molecule has 0 saturated carbocycles. The van der Waals surface area contributed by atoms with Gasteiger partial charge in [-0.25, -0.2) is 9.59 Å². The zero-order chi connectivity index (χ0) is 25.7. The van der Waals surface area contributed by atoms with Crippen molar-refractivity contribution >= 4 is 40.1 Å². The molecular formula is C24H24N2O8S. The molecule has 0 spiro atoms. The quantitative estimate of drug-likeness (QED) is 0.420. The molecule has 10 nitrogen and oxygen atoms in total. The second-order valence-corrected chi connectivity index (χ2v) is 8.62. The third kappa shape index (κ3) is 6.07. The van der Waals surface area contributed by atoms with Gasteiger partial charge in [0.1, 0.15) is 23.1 Å². The van der Waals surface area contributed by atoms with Gasteiger partial charge in [-0.15, -0.1) is 11.3 Å². The largest absolute Gasteiger partial charge is 0.486 e. The van der Waals surface area contributed by atoms with Crippen molar-refractivity contribution in [1.29, 1.82) is 0 Å². The number of primary amides is 1. The Balaban J connectivity index is 1.71. The molecule has 3 aromatic rings. The van der Waals surface area contributed by atoms with Crippen molar-refractivity contribution in [2.24, 2.45) is 5.73 Å². The minimum atomic E-state index is -0.719. The maximum atomic E-state index is 12.8. The van der Waals surface area contributed by atoms with Gasteiger partial charge >= 0.3 is 11.9 Å². The van der Waals surface area contributed by atoms with Crippen LogP contribution in [0.3, 0.4) is 0 Å². The van der Waals surface area contributed by atoms with E-state index in [0.29, 0.717) is 22.6 Å². The van der Waals surface area contributed by atoms with Crippen molar-refractivity contribution in [2.45, 2.75) is 33.5 Å². The maximum absolute atomic E-state index is 12.8. The number of nitrogens with two attached hydrogens (primary N) is 1. The minimum Gasteiger partial charge on any atom is -0.486 e. The van der Waals surface area contributed by atoms with Gasteiger partial charge in [-0.2, -0.15) is 0 Å². The van der Waals surface area contributed by atoms with E-state index in [-0.39, 0.29) is 27.8 Å². The van der Waals surface area contributed by atoms with Crippen LogP contribution in [0.4, 0.5) is 5.00 Å². The van der Waals surface area contributed by atoms with Crippen LogP contribution in [0.25, 0.3) is 0 Å². The Hall–Kier alpha value is -4.12. The number of rotatable bonds is 9. The molecule has 1 aromatic carbocycles. The first-order valence-electron chi connectivity index (χ1n) is 10.5.